The second kappa shape index (κ2) is 3.74. The van der Waals surface area contributed by atoms with E-state index in [0.29, 0.717) is 6.61 Å². The molecule has 2 unspecified atom stereocenters. The zero-order valence-electron chi connectivity index (χ0n) is 8.01. The molecule has 1 saturated carbocycles. The van der Waals surface area contributed by atoms with Crippen LogP contribution >= 0.6 is 0 Å². The lowest BCUT2D eigenvalue weighted by molar-refractivity contribution is -0.144. The first-order valence-corrected chi connectivity index (χ1v) is 4.74. The number of rotatable bonds is 3. The number of ether oxygens (including phenoxy) is 1. The Morgan fingerprint density at radius 3 is 2.93 bits per heavy atom. The maximum Gasteiger partial charge on any atom is 0.309 e. The third kappa shape index (κ3) is 1.73. The van der Waals surface area contributed by atoms with Gasteiger partial charge in [0.25, 0.3) is 0 Å². The maximum absolute atomic E-state index is 11.3. The summed E-state index contributed by atoms with van der Waals surface area (Å²) in [6, 6.07) is 0. The molecule has 2 rings (SSSR count). The number of nitrogens with zero attached hydrogens (tertiary/aromatic N) is 2. The first-order chi connectivity index (χ1) is 6.83. The molecule has 0 amide bonds. The van der Waals surface area contributed by atoms with Crippen LogP contribution in [-0.4, -0.2) is 22.5 Å². The molecule has 0 N–H and O–H groups in total. The van der Waals surface area contributed by atoms with Crippen molar-refractivity contribution in [1.29, 1.82) is 0 Å². The SMILES string of the molecule is CCOC(=O)C1CC1c1cncnc1. The van der Waals surface area contributed by atoms with Gasteiger partial charge in [-0.1, -0.05) is 0 Å². The van der Waals surface area contributed by atoms with Crippen molar-refractivity contribution in [3.05, 3.63) is 24.3 Å². The molecule has 1 aliphatic rings. The van der Waals surface area contributed by atoms with Crippen molar-refractivity contribution in [3.8, 4) is 0 Å². The highest BCUT2D eigenvalue weighted by atomic mass is 16.5. The molecule has 0 aliphatic heterocycles. The highest BCUT2D eigenvalue weighted by Gasteiger charge is 2.45. The van der Waals surface area contributed by atoms with E-state index >= 15 is 0 Å². The second-order valence-electron chi connectivity index (χ2n) is 3.37. The second-order valence-corrected chi connectivity index (χ2v) is 3.37. The Kier molecular flexibility index (Phi) is 2.43. The van der Waals surface area contributed by atoms with Gasteiger partial charge in [0, 0.05) is 18.3 Å². The molecule has 2 atom stereocenters. The summed E-state index contributed by atoms with van der Waals surface area (Å²) >= 11 is 0. The van der Waals surface area contributed by atoms with E-state index in [9.17, 15) is 4.79 Å². The topological polar surface area (TPSA) is 52.1 Å². The van der Waals surface area contributed by atoms with Crippen LogP contribution < -0.4 is 0 Å². The van der Waals surface area contributed by atoms with E-state index in [4.69, 9.17) is 4.74 Å². The van der Waals surface area contributed by atoms with E-state index in [2.05, 4.69) is 9.97 Å². The molecule has 1 aliphatic carbocycles. The summed E-state index contributed by atoms with van der Waals surface area (Å²) in [6.07, 6.45) is 5.88. The normalized spacial score (nSPS) is 24.4. The van der Waals surface area contributed by atoms with Crippen molar-refractivity contribution in [1.82, 2.24) is 9.97 Å². The number of hydrogen-bond acceptors (Lipinski definition) is 4. The van der Waals surface area contributed by atoms with Gasteiger partial charge in [0.15, 0.2) is 0 Å². The van der Waals surface area contributed by atoms with Gasteiger partial charge in [-0.05, 0) is 18.9 Å². The summed E-state index contributed by atoms with van der Waals surface area (Å²) in [5.74, 6) is 0.206. The summed E-state index contributed by atoms with van der Waals surface area (Å²) in [7, 11) is 0. The van der Waals surface area contributed by atoms with Crippen molar-refractivity contribution < 1.29 is 9.53 Å². The van der Waals surface area contributed by atoms with Crippen LogP contribution in [0.3, 0.4) is 0 Å². The third-order valence-electron chi connectivity index (χ3n) is 2.39. The Morgan fingerprint density at radius 2 is 2.29 bits per heavy atom. The molecule has 1 fully saturated rings. The molecule has 0 spiro atoms. The molecule has 0 bridgehead atoms. The smallest absolute Gasteiger partial charge is 0.309 e. The third-order valence-corrected chi connectivity index (χ3v) is 2.39. The van der Waals surface area contributed by atoms with Gasteiger partial charge in [-0.3, -0.25) is 4.79 Å². The molecule has 74 valence electrons. The highest BCUT2D eigenvalue weighted by Crippen LogP contribution is 2.47. The van der Waals surface area contributed by atoms with Crippen molar-refractivity contribution in [2.45, 2.75) is 19.3 Å². The van der Waals surface area contributed by atoms with Gasteiger partial charge in [-0.25, -0.2) is 9.97 Å². The minimum atomic E-state index is -0.0960. The van der Waals surface area contributed by atoms with E-state index in [1.807, 2.05) is 6.92 Å². The minimum absolute atomic E-state index is 0.0287. The van der Waals surface area contributed by atoms with Crippen LogP contribution in [-0.2, 0) is 9.53 Å². The Labute approximate surface area is 82.3 Å². The fourth-order valence-electron chi connectivity index (χ4n) is 1.58. The van der Waals surface area contributed by atoms with Crippen LogP contribution in [0.2, 0.25) is 0 Å². The molecular weight excluding hydrogens is 180 g/mol. The van der Waals surface area contributed by atoms with Crippen LogP contribution in [0.1, 0.15) is 24.8 Å². The standard InChI is InChI=1S/C10H12N2O2/c1-2-14-10(13)9-3-8(9)7-4-11-6-12-5-7/h4-6,8-9H,2-3H2,1H3. The molecule has 1 aromatic rings. The van der Waals surface area contributed by atoms with E-state index in [-0.39, 0.29) is 17.8 Å². The van der Waals surface area contributed by atoms with Crippen LogP contribution in [0.5, 0.6) is 0 Å². The van der Waals surface area contributed by atoms with Crippen LogP contribution in [0, 0.1) is 5.92 Å². The lowest BCUT2D eigenvalue weighted by Crippen LogP contribution is -2.07. The predicted molar refractivity (Wildman–Crippen MR) is 49.5 cm³/mol. The molecule has 4 nitrogen and oxygen atoms in total. The fraction of sp³-hybridized carbons (Fsp3) is 0.500. The predicted octanol–water partition coefficient (Wildman–Crippen LogP) is 1.14. The van der Waals surface area contributed by atoms with Crippen molar-refractivity contribution >= 4 is 5.97 Å². The molecule has 1 heterocycles. The number of aromatic nitrogens is 2. The number of hydrogen-bond donors (Lipinski definition) is 0. The quantitative estimate of drug-likeness (QED) is 0.674. The van der Waals surface area contributed by atoms with Crippen LogP contribution in [0.15, 0.2) is 18.7 Å². The first kappa shape index (κ1) is 9.12. The minimum Gasteiger partial charge on any atom is -0.466 e. The van der Waals surface area contributed by atoms with Gasteiger partial charge in [-0.2, -0.15) is 0 Å². The zero-order chi connectivity index (χ0) is 9.97. The van der Waals surface area contributed by atoms with Crippen molar-refractivity contribution in [3.63, 3.8) is 0 Å². The molecule has 0 radical (unpaired) electrons. The average molecular weight is 192 g/mol. The molecule has 0 aromatic carbocycles. The number of carbonyl (C=O) groups excluding carboxylic acids is 1. The molecule has 1 aromatic heterocycles. The van der Waals surface area contributed by atoms with E-state index < -0.39 is 0 Å². The Balaban J connectivity index is 1.96. The highest BCUT2D eigenvalue weighted by molar-refractivity contribution is 5.77. The summed E-state index contributed by atoms with van der Waals surface area (Å²) in [4.78, 5) is 19.2. The maximum atomic E-state index is 11.3. The average Bonchev–Trinajstić information content (AvgIpc) is 2.99. The lowest BCUT2D eigenvalue weighted by Gasteiger charge is -1.99. The van der Waals surface area contributed by atoms with E-state index in [1.165, 1.54) is 6.33 Å². The Bertz CT molecular complexity index is 326. The molecule has 4 heteroatoms. The van der Waals surface area contributed by atoms with Gasteiger partial charge in [0.1, 0.15) is 6.33 Å². The molecular formula is C10H12N2O2. The summed E-state index contributed by atoms with van der Waals surface area (Å²) in [6.45, 7) is 2.27. The van der Waals surface area contributed by atoms with Gasteiger partial charge < -0.3 is 4.74 Å². The van der Waals surface area contributed by atoms with Gasteiger partial charge >= 0.3 is 5.97 Å². The lowest BCUT2D eigenvalue weighted by atomic mass is 10.2. The molecule has 14 heavy (non-hydrogen) atoms. The van der Waals surface area contributed by atoms with Gasteiger partial charge in [0.2, 0.25) is 0 Å². The van der Waals surface area contributed by atoms with Gasteiger partial charge in [0.05, 0.1) is 12.5 Å². The monoisotopic (exact) mass is 192 g/mol. The van der Waals surface area contributed by atoms with E-state index in [1.54, 1.807) is 12.4 Å². The largest absolute Gasteiger partial charge is 0.466 e. The summed E-state index contributed by atoms with van der Waals surface area (Å²) < 4.78 is 4.94. The zero-order valence-corrected chi connectivity index (χ0v) is 8.01. The first-order valence-electron chi connectivity index (χ1n) is 4.74. The fourth-order valence-corrected chi connectivity index (χ4v) is 1.58. The Hall–Kier alpha value is -1.45. The number of carbonyl (C=O) groups is 1. The van der Waals surface area contributed by atoms with Crippen molar-refractivity contribution in [2.75, 3.05) is 6.61 Å². The molecule has 0 saturated heterocycles. The summed E-state index contributed by atoms with van der Waals surface area (Å²) in [5.41, 5.74) is 1.03. The van der Waals surface area contributed by atoms with Crippen molar-refractivity contribution in [2.24, 2.45) is 5.92 Å². The summed E-state index contributed by atoms with van der Waals surface area (Å²) in [5, 5.41) is 0. The van der Waals surface area contributed by atoms with E-state index in [0.717, 1.165) is 12.0 Å². The number of esters is 1. The van der Waals surface area contributed by atoms with Crippen LogP contribution in [0.4, 0.5) is 0 Å². The Morgan fingerprint density at radius 1 is 1.57 bits per heavy atom. The van der Waals surface area contributed by atoms with Crippen LogP contribution in [0.25, 0.3) is 0 Å². The van der Waals surface area contributed by atoms with Gasteiger partial charge in [-0.15, -0.1) is 0 Å².